The molecule has 1 unspecified atom stereocenters. The number of hydrogen-bond acceptors (Lipinski definition) is 7. The number of nitrogens with zero attached hydrogens (tertiary/aromatic N) is 5. The fourth-order valence-electron chi connectivity index (χ4n) is 5.77. The van der Waals surface area contributed by atoms with Crippen molar-refractivity contribution in [2.75, 3.05) is 0 Å². The average Bonchev–Trinajstić information content (AvgIpc) is 3.70. The van der Waals surface area contributed by atoms with Crippen LogP contribution in [0.2, 0.25) is 0 Å². The monoisotopic (exact) mass is 569 g/mol. The minimum absolute atomic E-state index is 0.0552. The Morgan fingerprint density at radius 1 is 1.18 bits per heavy atom. The summed E-state index contributed by atoms with van der Waals surface area (Å²) in [6.45, 7) is 3.24. The van der Waals surface area contributed by atoms with E-state index < -0.39 is 16.5 Å². The van der Waals surface area contributed by atoms with E-state index in [2.05, 4.69) is 15.1 Å². The number of halogens is 2. The third-order valence-electron chi connectivity index (χ3n) is 8.06. The quantitative estimate of drug-likeness (QED) is 0.257. The van der Waals surface area contributed by atoms with Gasteiger partial charge in [0, 0.05) is 37.2 Å². The van der Waals surface area contributed by atoms with Gasteiger partial charge in [-0.25, -0.2) is 9.97 Å². The molecular formula is C28H29Cl2N5O4. The molecule has 5 atom stereocenters. The van der Waals surface area contributed by atoms with Crippen LogP contribution in [0.25, 0.3) is 10.9 Å². The molecule has 0 bridgehead atoms. The lowest BCUT2D eigenvalue weighted by Gasteiger charge is -2.27. The Labute approximate surface area is 235 Å². The topological polar surface area (TPSA) is 107 Å². The molecule has 3 aliphatic rings. The van der Waals surface area contributed by atoms with Crippen LogP contribution in [-0.4, -0.2) is 58.5 Å². The maximum absolute atomic E-state index is 13.6. The molecule has 11 heteroatoms. The summed E-state index contributed by atoms with van der Waals surface area (Å²) in [5.74, 6) is 1.29. The van der Waals surface area contributed by atoms with Gasteiger partial charge in [0.05, 0.1) is 11.6 Å². The summed E-state index contributed by atoms with van der Waals surface area (Å²) < 4.78 is 6.88. The molecule has 0 spiro atoms. The highest BCUT2D eigenvalue weighted by molar-refractivity contribution is 6.50. The van der Waals surface area contributed by atoms with Crippen molar-refractivity contribution in [1.29, 1.82) is 0 Å². The third-order valence-corrected chi connectivity index (χ3v) is 8.99. The van der Waals surface area contributed by atoms with Gasteiger partial charge in [0.25, 0.3) is 0 Å². The Morgan fingerprint density at radius 3 is 2.62 bits per heavy atom. The van der Waals surface area contributed by atoms with Gasteiger partial charge in [0.2, 0.25) is 5.91 Å². The highest BCUT2D eigenvalue weighted by Crippen LogP contribution is 2.55. The van der Waals surface area contributed by atoms with Crippen LogP contribution in [0.4, 0.5) is 0 Å². The van der Waals surface area contributed by atoms with Crippen molar-refractivity contribution in [1.82, 2.24) is 24.6 Å². The molecule has 6 rings (SSSR count). The van der Waals surface area contributed by atoms with Gasteiger partial charge in [-0.2, -0.15) is 5.10 Å². The first kappa shape index (κ1) is 26.2. The molecule has 1 aliphatic heterocycles. The standard InChI is InChI=1S/C28H29Cl2N5O4/c1-15(36)26-20-12-19(39-16(2)27-31-8-3-9-32-27)5-6-21(20)34(33-26)14-25(38)35-22-10-17(22)11-23(35)24(37)7-4-18-13-28(18,29)30/h3,5-6,8-9,12,16-18,22-23H,4,7,10-11,13-14H2,1-2H3/t16?,17-,18+,22-,23+/m1/s1. The largest absolute Gasteiger partial charge is 0.483 e. The minimum atomic E-state index is -0.707. The number of rotatable bonds is 10. The molecule has 0 N–H and O–H groups in total. The first-order valence-electron chi connectivity index (χ1n) is 13.3. The lowest BCUT2D eigenvalue weighted by atomic mass is 10.0. The Hall–Kier alpha value is -3.04. The number of amides is 1. The summed E-state index contributed by atoms with van der Waals surface area (Å²) in [6, 6.07) is 6.74. The highest BCUT2D eigenvalue weighted by atomic mass is 35.5. The molecule has 1 aromatic carbocycles. The van der Waals surface area contributed by atoms with Crippen molar-refractivity contribution in [3.8, 4) is 5.75 Å². The number of aromatic nitrogens is 4. The van der Waals surface area contributed by atoms with E-state index in [1.807, 2.05) is 6.92 Å². The summed E-state index contributed by atoms with van der Waals surface area (Å²) in [6.07, 6.45) is 6.25. The van der Waals surface area contributed by atoms with E-state index in [-0.39, 0.29) is 41.7 Å². The van der Waals surface area contributed by atoms with Gasteiger partial charge in [-0.1, -0.05) is 0 Å². The number of Topliss-reactive ketones (excluding diaryl/α,β-unsaturated/α-hetero) is 2. The number of piperidine rings is 1. The van der Waals surface area contributed by atoms with Crippen molar-refractivity contribution in [2.24, 2.45) is 11.8 Å². The molecule has 9 nitrogen and oxygen atoms in total. The normalized spacial score (nSPS) is 25.3. The number of benzene rings is 1. The van der Waals surface area contributed by atoms with Crippen LogP contribution in [-0.2, 0) is 16.1 Å². The summed E-state index contributed by atoms with van der Waals surface area (Å²) in [4.78, 5) is 49.3. The van der Waals surface area contributed by atoms with E-state index in [9.17, 15) is 14.4 Å². The number of hydrogen-bond donors (Lipinski definition) is 0. The molecule has 2 saturated carbocycles. The average molecular weight is 570 g/mol. The molecule has 39 heavy (non-hydrogen) atoms. The molecule has 1 amide bonds. The van der Waals surface area contributed by atoms with Gasteiger partial charge in [0.1, 0.15) is 22.3 Å². The van der Waals surface area contributed by atoms with Crippen molar-refractivity contribution < 1.29 is 19.1 Å². The summed E-state index contributed by atoms with van der Waals surface area (Å²) in [5, 5.41) is 5.10. The molecule has 1 saturated heterocycles. The Balaban J connectivity index is 1.19. The summed E-state index contributed by atoms with van der Waals surface area (Å²) in [7, 11) is 0. The number of ether oxygens (including phenoxy) is 1. The number of ketones is 2. The van der Waals surface area contributed by atoms with Crippen molar-refractivity contribution in [2.45, 2.75) is 75.0 Å². The van der Waals surface area contributed by atoms with Gasteiger partial charge in [0.15, 0.2) is 23.5 Å². The van der Waals surface area contributed by atoms with Crippen LogP contribution < -0.4 is 4.74 Å². The third kappa shape index (κ3) is 5.14. The SMILES string of the molecule is CC(=O)c1nn(CC(=O)N2[C@@H]3C[C@@H]3C[C@H]2C(=O)CC[C@H]2CC2(Cl)Cl)c2ccc(OC(C)c3ncccn3)cc12. The van der Waals surface area contributed by atoms with Crippen LogP contribution in [0.3, 0.4) is 0 Å². The van der Waals surface area contributed by atoms with E-state index in [0.29, 0.717) is 54.1 Å². The van der Waals surface area contributed by atoms with Gasteiger partial charge in [-0.15, -0.1) is 23.2 Å². The zero-order valence-corrected chi connectivity index (χ0v) is 23.2. The molecule has 0 radical (unpaired) electrons. The number of alkyl halides is 2. The number of fused-ring (bicyclic) bond motifs is 2. The number of carbonyl (C=O) groups is 3. The molecule has 2 aromatic heterocycles. The minimum Gasteiger partial charge on any atom is -0.483 e. The summed E-state index contributed by atoms with van der Waals surface area (Å²) >= 11 is 12.3. The highest BCUT2D eigenvalue weighted by Gasteiger charge is 2.56. The van der Waals surface area contributed by atoms with E-state index in [0.717, 1.165) is 6.42 Å². The van der Waals surface area contributed by atoms with Crippen molar-refractivity contribution >= 4 is 51.6 Å². The molecule has 204 valence electrons. The fraction of sp³-hybridized carbons (Fsp3) is 0.500. The molecule has 3 fully saturated rings. The Morgan fingerprint density at radius 2 is 1.92 bits per heavy atom. The van der Waals surface area contributed by atoms with Gasteiger partial charge < -0.3 is 9.64 Å². The first-order valence-corrected chi connectivity index (χ1v) is 14.0. The maximum Gasteiger partial charge on any atom is 0.245 e. The van der Waals surface area contributed by atoms with Crippen LogP contribution in [0, 0.1) is 11.8 Å². The second kappa shape index (κ2) is 9.86. The van der Waals surface area contributed by atoms with Crippen LogP contribution in [0.15, 0.2) is 36.7 Å². The van der Waals surface area contributed by atoms with Crippen molar-refractivity contribution in [3.05, 3.63) is 48.2 Å². The predicted octanol–water partition coefficient (Wildman–Crippen LogP) is 4.70. The molecule has 3 heterocycles. The second-order valence-electron chi connectivity index (χ2n) is 10.9. The Bertz CT molecular complexity index is 1460. The van der Waals surface area contributed by atoms with E-state index in [1.54, 1.807) is 46.2 Å². The van der Waals surface area contributed by atoms with Gasteiger partial charge >= 0.3 is 0 Å². The lowest BCUT2D eigenvalue weighted by Crippen LogP contribution is -2.44. The van der Waals surface area contributed by atoms with Gasteiger partial charge in [-0.3, -0.25) is 19.1 Å². The van der Waals surface area contributed by atoms with E-state index in [1.165, 1.54) is 6.92 Å². The first-order chi connectivity index (χ1) is 18.6. The molecule has 3 aromatic rings. The second-order valence-corrected chi connectivity index (χ2v) is 12.4. The molecule has 2 aliphatic carbocycles. The zero-order valence-electron chi connectivity index (χ0n) is 21.7. The lowest BCUT2D eigenvalue weighted by molar-refractivity contribution is -0.139. The number of carbonyl (C=O) groups excluding carboxylic acids is 3. The maximum atomic E-state index is 13.6. The number of likely N-dealkylation sites (tertiary alicyclic amines) is 1. The van der Waals surface area contributed by atoms with Gasteiger partial charge in [-0.05, 0) is 68.7 Å². The van der Waals surface area contributed by atoms with E-state index >= 15 is 0 Å². The zero-order chi connectivity index (χ0) is 27.5. The van der Waals surface area contributed by atoms with Crippen molar-refractivity contribution in [3.63, 3.8) is 0 Å². The molecular weight excluding hydrogens is 541 g/mol. The van der Waals surface area contributed by atoms with E-state index in [4.69, 9.17) is 27.9 Å². The fourth-order valence-corrected chi connectivity index (χ4v) is 6.36. The Kier molecular flexibility index (Phi) is 6.62. The van der Waals surface area contributed by atoms with Crippen LogP contribution >= 0.6 is 23.2 Å². The summed E-state index contributed by atoms with van der Waals surface area (Å²) in [5.41, 5.74) is 0.911. The van der Waals surface area contributed by atoms with Crippen LogP contribution in [0.5, 0.6) is 5.75 Å². The van der Waals surface area contributed by atoms with Crippen LogP contribution in [0.1, 0.15) is 68.4 Å². The predicted molar refractivity (Wildman–Crippen MR) is 145 cm³/mol. The smallest absolute Gasteiger partial charge is 0.245 e.